The molecule has 1 aromatic heterocycles. The normalized spacial score (nSPS) is 28.0. The summed E-state index contributed by atoms with van der Waals surface area (Å²) in [6, 6.07) is 13.2. The van der Waals surface area contributed by atoms with E-state index in [0.717, 1.165) is 25.0 Å². The zero-order valence-electron chi connectivity index (χ0n) is 17.8. The first kappa shape index (κ1) is 20.2. The second-order valence-corrected chi connectivity index (χ2v) is 8.94. The van der Waals surface area contributed by atoms with Gasteiger partial charge in [0.05, 0.1) is 24.2 Å². The fourth-order valence-corrected chi connectivity index (χ4v) is 5.66. The fourth-order valence-electron chi connectivity index (χ4n) is 5.66. The van der Waals surface area contributed by atoms with E-state index >= 15 is 0 Å². The summed E-state index contributed by atoms with van der Waals surface area (Å²) in [5, 5.41) is 0. The predicted octanol–water partition coefficient (Wildman–Crippen LogP) is 3.51. The smallest absolute Gasteiger partial charge is 0.226 e. The second-order valence-electron chi connectivity index (χ2n) is 8.94. The first-order chi connectivity index (χ1) is 15.1. The largest absolute Gasteiger partial charge is 0.486 e. The van der Waals surface area contributed by atoms with E-state index in [4.69, 9.17) is 9.47 Å². The molecule has 0 radical (unpaired) electrons. The molecule has 4 unspecified atom stereocenters. The number of pyridine rings is 1. The minimum atomic E-state index is -0.528. The molecule has 1 aliphatic heterocycles. The van der Waals surface area contributed by atoms with Gasteiger partial charge in [-0.25, -0.2) is 0 Å². The van der Waals surface area contributed by atoms with Crippen LogP contribution in [0.25, 0.3) is 0 Å². The summed E-state index contributed by atoms with van der Waals surface area (Å²) in [4.78, 5) is 32.7. The Labute approximate surface area is 182 Å². The fraction of sp³-hybridized carbons (Fsp3) is 0.480. The molecule has 4 atom stereocenters. The van der Waals surface area contributed by atoms with Gasteiger partial charge in [-0.05, 0) is 49.4 Å². The van der Waals surface area contributed by atoms with Crippen molar-refractivity contribution in [2.24, 2.45) is 17.8 Å². The highest BCUT2D eigenvalue weighted by molar-refractivity contribution is 6.00. The first-order valence-corrected chi connectivity index (χ1v) is 11.1. The first-order valence-electron chi connectivity index (χ1n) is 11.1. The van der Waals surface area contributed by atoms with Crippen LogP contribution in [0.5, 0.6) is 5.75 Å². The maximum Gasteiger partial charge on any atom is 0.226 e. The number of fused-ring (bicyclic) bond motifs is 3. The lowest BCUT2D eigenvalue weighted by Gasteiger charge is -2.37. The van der Waals surface area contributed by atoms with Crippen molar-refractivity contribution in [3.05, 3.63) is 59.9 Å². The molecule has 5 rings (SSSR count). The van der Waals surface area contributed by atoms with Crippen LogP contribution in [0.4, 0.5) is 0 Å². The van der Waals surface area contributed by atoms with E-state index in [9.17, 15) is 9.59 Å². The molecule has 2 fully saturated rings. The maximum atomic E-state index is 13.6. The Bertz CT molecular complexity index is 978. The average molecular weight is 421 g/mol. The van der Waals surface area contributed by atoms with Crippen LogP contribution in [0.1, 0.15) is 41.7 Å². The van der Waals surface area contributed by atoms with Gasteiger partial charge in [0.2, 0.25) is 5.91 Å². The van der Waals surface area contributed by atoms with E-state index in [0.29, 0.717) is 43.3 Å². The second kappa shape index (κ2) is 8.08. The standard InChI is InChI=1S/C25H28N2O4/c1-30-14-6-13-27(16-17-7-4-5-12-26-17)24(29)22-19-10-11-25(23(19)22)15-20(28)18-8-2-3-9-21(18)31-25/h2-5,7-9,12,19,22-23H,6,10-11,13-16H2,1H3. The van der Waals surface area contributed by atoms with Crippen LogP contribution < -0.4 is 4.74 Å². The van der Waals surface area contributed by atoms with Crippen molar-refractivity contribution >= 4 is 11.7 Å². The maximum absolute atomic E-state index is 13.6. The molecular formula is C25H28N2O4. The number of ether oxygens (including phenoxy) is 2. The van der Waals surface area contributed by atoms with Gasteiger partial charge in [-0.3, -0.25) is 14.6 Å². The Hall–Kier alpha value is -2.73. The number of Topliss-reactive ketones (excluding diaryl/α,β-unsaturated/α-hetero) is 1. The van der Waals surface area contributed by atoms with E-state index in [2.05, 4.69) is 4.98 Å². The number of amides is 1. The lowest BCUT2D eigenvalue weighted by Crippen LogP contribution is -2.45. The molecule has 0 N–H and O–H groups in total. The van der Waals surface area contributed by atoms with Gasteiger partial charge in [-0.1, -0.05) is 18.2 Å². The number of nitrogens with zero attached hydrogens (tertiary/aromatic N) is 2. The third kappa shape index (κ3) is 3.63. The number of para-hydroxylation sites is 1. The predicted molar refractivity (Wildman–Crippen MR) is 115 cm³/mol. The Balaban J connectivity index is 1.34. The summed E-state index contributed by atoms with van der Waals surface area (Å²) in [5.74, 6) is 1.31. The number of aromatic nitrogens is 1. The molecule has 2 saturated carbocycles. The van der Waals surface area contributed by atoms with Crippen molar-refractivity contribution in [3.8, 4) is 5.75 Å². The summed E-state index contributed by atoms with van der Waals surface area (Å²) in [5.41, 5.74) is 1.02. The third-order valence-corrected chi connectivity index (χ3v) is 7.09. The Morgan fingerprint density at radius 3 is 2.90 bits per heavy atom. The molecule has 0 saturated heterocycles. The van der Waals surface area contributed by atoms with Crippen molar-refractivity contribution in [2.75, 3.05) is 20.3 Å². The van der Waals surface area contributed by atoms with Crippen LogP contribution in [0.3, 0.4) is 0 Å². The summed E-state index contributed by atoms with van der Waals surface area (Å²) < 4.78 is 11.7. The number of benzene rings is 1. The SMILES string of the molecule is COCCCN(Cc1ccccn1)C(=O)C1C2CCC3(CC(=O)c4ccccc4O3)C21. The van der Waals surface area contributed by atoms with Crippen LogP contribution >= 0.6 is 0 Å². The minimum absolute atomic E-state index is 0.0712. The highest BCUT2D eigenvalue weighted by Gasteiger charge is 2.71. The number of carbonyl (C=O) groups excluding carboxylic acids is 2. The molecule has 2 aliphatic carbocycles. The van der Waals surface area contributed by atoms with E-state index < -0.39 is 5.60 Å². The Kier molecular flexibility index (Phi) is 5.26. The highest BCUT2D eigenvalue weighted by atomic mass is 16.5. The molecule has 1 amide bonds. The quantitative estimate of drug-likeness (QED) is 0.641. The molecule has 3 aliphatic rings. The summed E-state index contributed by atoms with van der Waals surface area (Å²) >= 11 is 0. The van der Waals surface area contributed by atoms with E-state index in [1.54, 1.807) is 13.3 Å². The van der Waals surface area contributed by atoms with Crippen molar-refractivity contribution in [1.29, 1.82) is 0 Å². The average Bonchev–Trinajstić information content (AvgIpc) is 3.43. The van der Waals surface area contributed by atoms with Gasteiger partial charge in [0.1, 0.15) is 11.4 Å². The molecule has 31 heavy (non-hydrogen) atoms. The molecular weight excluding hydrogens is 392 g/mol. The molecule has 6 heteroatoms. The van der Waals surface area contributed by atoms with Gasteiger partial charge >= 0.3 is 0 Å². The van der Waals surface area contributed by atoms with Crippen LogP contribution in [-0.4, -0.2) is 47.4 Å². The lowest BCUT2D eigenvalue weighted by molar-refractivity contribution is -0.135. The minimum Gasteiger partial charge on any atom is -0.486 e. The van der Waals surface area contributed by atoms with Crippen LogP contribution in [0.15, 0.2) is 48.7 Å². The Morgan fingerprint density at radius 2 is 2.10 bits per heavy atom. The molecule has 2 heterocycles. The van der Waals surface area contributed by atoms with Crippen LogP contribution in [0, 0.1) is 17.8 Å². The van der Waals surface area contributed by atoms with Gasteiger partial charge in [0, 0.05) is 38.3 Å². The van der Waals surface area contributed by atoms with Gasteiger partial charge < -0.3 is 14.4 Å². The summed E-state index contributed by atoms with van der Waals surface area (Å²) in [7, 11) is 1.68. The number of rotatable bonds is 7. The van der Waals surface area contributed by atoms with Gasteiger partial charge in [0.25, 0.3) is 0 Å². The number of hydrogen-bond acceptors (Lipinski definition) is 5. The number of hydrogen-bond donors (Lipinski definition) is 0. The van der Waals surface area contributed by atoms with Crippen LogP contribution in [0.2, 0.25) is 0 Å². The molecule has 162 valence electrons. The number of ketones is 1. The number of carbonyl (C=O) groups is 2. The van der Waals surface area contributed by atoms with Gasteiger partial charge in [0.15, 0.2) is 5.78 Å². The Morgan fingerprint density at radius 1 is 1.26 bits per heavy atom. The van der Waals surface area contributed by atoms with Crippen molar-refractivity contribution in [3.63, 3.8) is 0 Å². The molecule has 1 spiro atoms. The molecule has 6 nitrogen and oxygen atoms in total. The van der Waals surface area contributed by atoms with E-state index in [-0.39, 0.29) is 23.5 Å². The topological polar surface area (TPSA) is 68.7 Å². The third-order valence-electron chi connectivity index (χ3n) is 7.09. The van der Waals surface area contributed by atoms with Crippen molar-refractivity contribution in [2.45, 2.75) is 37.8 Å². The van der Waals surface area contributed by atoms with Gasteiger partial charge in [-0.2, -0.15) is 0 Å². The van der Waals surface area contributed by atoms with Gasteiger partial charge in [-0.15, -0.1) is 0 Å². The van der Waals surface area contributed by atoms with Crippen LogP contribution in [-0.2, 0) is 16.1 Å². The van der Waals surface area contributed by atoms with E-state index in [1.165, 1.54) is 0 Å². The number of methoxy groups -OCH3 is 1. The zero-order valence-corrected chi connectivity index (χ0v) is 17.8. The zero-order chi connectivity index (χ0) is 21.4. The molecule has 2 aromatic rings. The summed E-state index contributed by atoms with van der Waals surface area (Å²) in [6.45, 7) is 1.74. The highest BCUT2D eigenvalue weighted by Crippen LogP contribution is 2.66. The monoisotopic (exact) mass is 420 g/mol. The molecule has 0 bridgehead atoms. The molecule has 1 aromatic carbocycles. The van der Waals surface area contributed by atoms with Crippen molar-refractivity contribution < 1.29 is 19.1 Å². The lowest BCUT2D eigenvalue weighted by atomic mass is 9.84. The van der Waals surface area contributed by atoms with Crippen molar-refractivity contribution in [1.82, 2.24) is 9.88 Å². The van der Waals surface area contributed by atoms with E-state index in [1.807, 2.05) is 47.4 Å². The summed E-state index contributed by atoms with van der Waals surface area (Å²) in [6.07, 6.45) is 4.69.